The third-order valence-electron chi connectivity index (χ3n) is 4.45. The first kappa shape index (κ1) is 14.8. The van der Waals surface area contributed by atoms with Gasteiger partial charge in [-0.25, -0.2) is 5.43 Å². The predicted molar refractivity (Wildman–Crippen MR) is 90.7 cm³/mol. The van der Waals surface area contributed by atoms with Crippen LogP contribution < -0.4 is 11.3 Å². The molecular weight excluding hydrogens is 276 g/mol. The van der Waals surface area contributed by atoms with Crippen molar-refractivity contribution in [2.45, 2.75) is 52.0 Å². The molecule has 21 heavy (non-hydrogen) atoms. The van der Waals surface area contributed by atoms with E-state index in [1.165, 1.54) is 53.7 Å². The van der Waals surface area contributed by atoms with Gasteiger partial charge >= 0.3 is 0 Å². The molecule has 3 rings (SSSR count). The number of thiophene rings is 1. The molecule has 0 radical (unpaired) electrons. The zero-order valence-corrected chi connectivity index (χ0v) is 13.7. The molecule has 0 saturated carbocycles. The van der Waals surface area contributed by atoms with E-state index in [2.05, 4.69) is 43.5 Å². The molecule has 3 heteroatoms. The standard InChI is InChI=1S/C18H24N2S/c1-12-8-9-15(13(2)10-12)18(20-19)17-11-14-6-4-3-5-7-16(14)21-17/h8-11,18,20H,3-7,19H2,1-2H3. The Morgan fingerprint density at radius 2 is 1.90 bits per heavy atom. The Morgan fingerprint density at radius 1 is 1.10 bits per heavy atom. The monoisotopic (exact) mass is 300 g/mol. The number of benzene rings is 1. The van der Waals surface area contributed by atoms with Crippen LogP contribution in [0.5, 0.6) is 0 Å². The van der Waals surface area contributed by atoms with E-state index in [1.807, 2.05) is 11.3 Å². The van der Waals surface area contributed by atoms with Crippen molar-refractivity contribution in [2.75, 3.05) is 0 Å². The molecule has 112 valence electrons. The first-order valence-corrected chi connectivity index (χ1v) is 8.65. The zero-order chi connectivity index (χ0) is 14.8. The molecular formula is C18H24N2S. The van der Waals surface area contributed by atoms with Gasteiger partial charge in [0.1, 0.15) is 0 Å². The van der Waals surface area contributed by atoms with E-state index in [9.17, 15) is 0 Å². The number of hydrogen-bond donors (Lipinski definition) is 2. The second kappa shape index (κ2) is 6.30. The van der Waals surface area contributed by atoms with Crippen molar-refractivity contribution in [1.29, 1.82) is 0 Å². The van der Waals surface area contributed by atoms with Crippen LogP contribution in [0, 0.1) is 13.8 Å². The lowest BCUT2D eigenvalue weighted by Crippen LogP contribution is -2.28. The fourth-order valence-corrected chi connectivity index (χ4v) is 4.64. The Morgan fingerprint density at radius 3 is 2.67 bits per heavy atom. The number of rotatable bonds is 3. The maximum atomic E-state index is 5.89. The average molecular weight is 300 g/mol. The molecule has 0 saturated heterocycles. The minimum Gasteiger partial charge on any atom is -0.271 e. The molecule has 2 nitrogen and oxygen atoms in total. The molecule has 2 aromatic rings. The molecule has 0 bridgehead atoms. The molecule has 0 fully saturated rings. The number of aryl methyl sites for hydroxylation is 4. The summed E-state index contributed by atoms with van der Waals surface area (Å²) in [7, 11) is 0. The Bertz CT molecular complexity index is 607. The van der Waals surface area contributed by atoms with Gasteiger partial charge in [0.25, 0.3) is 0 Å². The topological polar surface area (TPSA) is 38.0 Å². The highest BCUT2D eigenvalue weighted by atomic mass is 32.1. The summed E-state index contributed by atoms with van der Waals surface area (Å²) in [6.07, 6.45) is 6.50. The summed E-state index contributed by atoms with van der Waals surface area (Å²) >= 11 is 1.95. The van der Waals surface area contributed by atoms with E-state index < -0.39 is 0 Å². The molecule has 0 aliphatic heterocycles. The van der Waals surface area contributed by atoms with Crippen molar-refractivity contribution in [3.05, 3.63) is 56.3 Å². The molecule has 1 heterocycles. The van der Waals surface area contributed by atoms with Crippen molar-refractivity contribution >= 4 is 11.3 Å². The number of nitrogens with two attached hydrogens (primary N) is 1. The van der Waals surface area contributed by atoms with Crippen LogP contribution in [0.15, 0.2) is 24.3 Å². The van der Waals surface area contributed by atoms with Crippen molar-refractivity contribution in [3.63, 3.8) is 0 Å². The van der Waals surface area contributed by atoms with Gasteiger partial charge in [0.15, 0.2) is 0 Å². The smallest absolute Gasteiger partial charge is 0.0805 e. The zero-order valence-electron chi connectivity index (χ0n) is 12.9. The highest BCUT2D eigenvalue weighted by Gasteiger charge is 2.20. The SMILES string of the molecule is Cc1ccc(C(NN)c2cc3c(s2)CCCCC3)c(C)c1. The van der Waals surface area contributed by atoms with E-state index in [-0.39, 0.29) is 6.04 Å². The highest BCUT2D eigenvalue weighted by molar-refractivity contribution is 7.12. The van der Waals surface area contributed by atoms with Crippen LogP contribution in [-0.4, -0.2) is 0 Å². The average Bonchev–Trinajstić information content (AvgIpc) is 2.72. The van der Waals surface area contributed by atoms with Gasteiger partial charge < -0.3 is 0 Å². The summed E-state index contributed by atoms with van der Waals surface area (Å²) in [5, 5.41) is 0. The van der Waals surface area contributed by atoms with Gasteiger partial charge in [-0.1, -0.05) is 30.2 Å². The van der Waals surface area contributed by atoms with Gasteiger partial charge in [-0.2, -0.15) is 0 Å². The van der Waals surface area contributed by atoms with Gasteiger partial charge in [-0.15, -0.1) is 11.3 Å². The maximum Gasteiger partial charge on any atom is 0.0805 e. The lowest BCUT2D eigenvalue weighted by Gasteiger charge is -2.17. The quantitative estimate of drug-likeness (QED) is 0.507. The third-order valence-corrected chi connectivity index (χ3v) is 5.76. The molecule has 1 aromatic carbocycles. The molecule has 1 atom stereocenters. The van der Waals surface area contributed by atoms with Crippen molar-refractivity contribution in [1.82, 2.24) is 5.43 Å². The molecule has 0 amide bonds. The van der Waals surface area contributed by atoms with Crippen LogP contribution in [0.1, 0.15) is 57.3 Å². The largest absolute Gasteiger partial charge is 0.271 e. The molecule has 1 aliphatic rings. The van der Waals surface area contributed by atoms with Gasteiger partial charge in [0.05, 0.1) is 6.04 Å². The fraction of sp³-hybridized carbons (Fsp3) is 0.444. The van der Waals surface area contributed by atoms with E-state index in [1.54, 1.807) is 10.4 Å². The third kappa shape index (κ3) is 3.05. The second-order valence-corrected chi connectivity index (χ2v) is 7.29. The first-order valence-electron chi connectivity index (χ1n) is 7.84. The maximum absolute atomic E-state index is 5.89. The Labute approximate surface area is 131 Å². The van der Waals surface area contributed by atoms with Crippen LogP contribution in [0.3, 0.4) is 0 Å². The molecule has 1 unspecified atom stereocenters. The van der Waals surface area contributed by atoms with Crippen LogP contribution in [0.4, 0.5) is 0 Å². The minimum absolute atomic E-state index is 0.113. The van der Waals surface area contributed by atoms with E-state index in [0.717, 1.165) is 0 Å². The summed E-state index contributed by atoms with van der Waals surface area (Å²) < 4.78 is 0. The van der Waals surface area contributed by atoms with Crippen molar-refractivity contribution < 1.29 is 0 Å². The van der Waals surface area contributed by atoms with Gasteiger partial charge in [0, 0.05) is 9.75 Å². The molecule has 0 spiro atoms. The number of nitrogens with one attached hydrogen (secondary N) is 1. The molecule has 1 aliphatic carbocycles. The van der Waals surface area contributed by atoms with E-state index in [4.69, 9.17) is 5.84 Å². The van der Waals surface area contributed by atoms with Gasteiger partial charge in [-0.3, -0.25) is 5.84 Å². The summed E-state index contributed by atoms with van der Waals surface area (Å²) in [6, 6.07) is 9.11. The Kier molecular flexibility index (Phi) is 4.43. The van der Waals surface area contributed by atoms with Crippen molar-refractivity contribution in [2.24, 2.45) is 5.84 Å². The Balaban J connectivity index is 1.96. The van der Waals surface area contributed by atoms with Crippen LogP contribution in [0.2, 0.25) is 0 Å². The minimum atomic E-state index is 0.113. The Hall–Kier alpha value is -1.16. The predicted octanol–water partition coefficient (Wildman–Crippen LogP) is 4.19. The molecule has 1 aromatic heterocycles. The normalized spacial score (nSPS) is 16.3. The fourth-order valence-electron chi connectivity index (χ4n) is 3.31. The van der Waals surface area contributed by atoms with Crippen LogP contribution in [-0.2, 0) is 12.8 Å². The van der Waals surface area contributed by atoms with Crippen LogP contribution >= 0.6 is 11.3 Å². The van der Waals surface area contributed by atoms with Crippen molar-refractivity contribution in [3.8, 4) is 0 Å². The highest BCUT2D eigenvalue weighted by Crippen LogP contribution is 2.35. The first-order chi connectivity index (χ1) is 10.2. The summed E-state index contributed by atoms with van der Waals surface area (Å²) in [6.45, 7) is 4.31. The number of hydrazine groups is 1. The van der Waals surface area contributed by atoms with Gasteiger partial charge in [-0.05, 0) is 62.3 Å². The van der Waals surface area contributed by atoms with Gasteiger partial charge in [0.2, 0.25) is 0 Å². The number of hydrogen-bond acceptors (Lipinski definition) is 3. The lowest BCUT2D eigenvalue weighted by atomic mass is 9.98. The summed E-state index contributed by atoms with van der Waals surface area (Å²) in [5.41, 5.74) is 8.48. The van der Waals surface area contributed by atoms with Crippen LogP contribution in [0.25, 0.3) is 0 Å². The lowest BCUT2D eigenvalue weighted by molar-refractivity contribution is 0.642. The van der Waals surface area contributed by atoms with E-state index >= 15 is 0 Å². The number of fused-ring (bicyclic) bond motifs is 1. The second-order valence-electron chi connectivity index (χ2n) is 6.12. The summed E-state index contributed by atoms with van der Waals surface area (Å²) in [4.78, 5) is 2.93. The summed E-state index contributed by atoms with van der Waals surface area (Å²) in [5.74, 6) is 5.89. The molecule has 3 N–H and O–H groups in total. The van der Waals surface area contributed by atoms with E-state index in [0.29, 0.717) is 0 Å².